The Hall–Kier alpha value is -1.96. The van der Waals surface area contributed by atoms with Crippen LogP contribution in [-0.4, -0.2) is 21.4 Å². The van der Waals surface area contributed by atoms with E-state index in [1.165, 1.54) is 56.3 Å². The number of carbonyl (C=O) groups excluding carboxylic acids is 1. The number of hydrogen-bond acceptors (Lipinski definition) is 6. The molecule has 2 aliphatic rings. The van der Waals surface area contributed by atoms with Crippen molar-refractivity contribution in [1.82, 2.24) is 20.7 Å². The molecule has 0 bridgehead atoms. The summed E-state index contributed by atoms with van der Waals surface area (Å²) in [6.45, 7) is 0.342. The highest BCUT2D eigenvalue weighted by Crippen LogP contribution is 2.35. The van der Waals surface area contributed by atoms with Gasteiger partial charge < -0.3 is 9.84 Å². The predicted molar refractivity (Wildman–Crippen MR) is 94.5 cm³/mol. The monoisotopic (exact) mass is 361 g/mol. The zero-order chi connectivity index (χ0) is 17.1. The average molecular weight is 361 g/mol. The van der Waals surface area contributed by atoms with Crippen LogP contribution >= 0.6 is 11.3 Å². The Morgan fingerprint density at radius 3 is 2.84 bits per heavy atom. The van der Waals surface area contributed by atoms with Crippen LogP contribution in [-0.2, 0) is 13.0 Å². The minimum Gasteiger partial charge on any atom is -0.361 e. The molecule has 4 rings (SSSR count). The minimum atomic E-state index is -0.293. The van der Waals surface area contributed by atoms with Crippen LogP contribution in [0.1, 0.15) is 67.3 Å². The van der Waals surface area contributed by atoms with Crippen LogP contribution in [0.2, 0.25) is 0 Å². The zero-order valence-electron chi connectivity index (χ0n) is 14.2. The Morgan fingerprint density at radius 1 is 1.20 bits per heavy atom. The summed E-state index contributed by atoms with van der Waals surface area (Å²) in [4.78, 5) is 12.0. The third kappa shape index (κ3) is 4.56. The standard InChI is InChI=1S/C17H23N5O2S/c23-16(18-10-13-9-14(24-22-13)8-11-6-7-11)19-17-21-20-15(25-17)12-4-2-1-3-5-12/h9,11-12H,1-8,10H2,(H2,18,19,21,23). The fourth-order valence-electron chi connectivity index (χ4n) is 3.25. The van der Waals surface area contributed by atoms with Gasteiger partial charge in [0.15, 0.2) is 0 Å². The number of hydrogen-bond donors (Lipinski definition) is 2. The van der Waals surface area contributed by atoms with E-state index in [0.717, 1.165) is 28.8 Å². The molecule has 2 amide bonds. The molecule has 2 saturated carbocycles. The van der Waals surface area contributed by atoms with Gasteiger partial charge in [0.25, 0.3) is 0 Å². The first-order valence-corrected chi connectivity index (χ1v) is 9.90. The highest BCUT2D eigenvalue weighted by atomic mass is 32.1. The third-order valence-corrected chi connectivity index (χ3v) is 5.84. The molecule has 2 aliphatic carbocycles. The van der Waals surface area contributed by atoms with Crippen LogP contribution in [0.3, 0.4) is 0 Å². The smallest absolute Gasteiger partial charge is 0.321 e. The average Bonchev–Trinajstić information content (AvgIpc) is 3.13. The van der Waals surface area contributed by atoms with E-state index >= 15 is 0 Å². The summed E-state index contributed by atoms with van der Waals surface area (Å²) in [5.41, 5.74) is 0.742. The second-order valence-corrected chi connectivity index (χ2v) is 8.03. The molecule has 7 nitrogen and oxygen atoms in total. The highest BCUT2D eigenvalue weighted by molar-refractivity contribution is 7.15. The molecule has 2 aromatic rings. The molecule has 2 aromatic heterocycles. The van der Waals surface area contributed by atoms with Gasteiger partial charge in [-0.2, -0.15) is 0 Å². The SMILES string of the molecule is O=C(NCc1cc(CC2CC2)on1)Nc1nnc(C2CCCCC2)s1. The van der Waals surface area contributed by atoms with E-state index in [1.807, 2.05) is 6.07 Å². The van der Waals surface area contributed by atoms with Crippen molar-refractivity contribution >= 4 is 22.5 Å². The maximum Gasteiger partial charge on any atom is 0.321 e. The lowest BCUT2D eigenvalue weighted by atomic mass is 9.90. The van der Waals surface area contributed by atoms with Gasteiger partial charge in [0.2, 0.25) is 5.13 Å². The number of amides is 2. The van der Waals surface area contributed by atoms with Crippen LogP contribution in [0.5, 0.6) is 0 Å². The Balaban J connectivity index is 1.24. The Bertz CT molecular complexity index is 718. The summed E-state index contributed by atoms with van der Waals surface area (Å²) >= 11 is 1.48. The van der Waals surface area contributed by atoms with Gasteiger partial charge in [-0.05, 0) is 31.6 Å². The molecular formula is C17H23N5O2S. The summed E-state index contributed by atoms with van der Waals surface area (Å²) < 4.78 is 5.29. The van der Waals surface area contributed by atoms with E-state index in [-0.39, 0.29) is 6.03 Å². The lowest BCUT2D eigenvalue weighted by Crippen LogP contribution is -2.28. The number of carbonyl (C=O) groups is 1. The number of rotatable bonds is 6. The topological polar surface area (TPSA) is 92.9 Å². The van der Waals surface area contributed by atoms with Gasteiger partial charge in [0.1, 0.15) is 16.5 Å². The second-order valence-electron chi connectivity index (χ2n) is 7.02. The van der Waals surface area contributed by atoms with Gasteiger partial charge in [-0.1, -0.05) is 35.8 Å². The molecule has 0 saturated heterocycles. The number of nitrogens with zero attached hydrogens (tertiary/aromatic N) is 3. The maximum atomic E-state index is 12.0. The first-order valence-electron chi connectivity index (χ1n) is 9.09. The first kappa shape index (κ1) is 16.5. The van der Waals surface area contributed by atoms with E-state index in [9.17, 15) is 4.79 Å². The van der Waals surface area contributed by atoms with Crippen molar-refractivity contribution in [3.63, 3.8) is 0 Å². The number of anilines is 1. The minimum absolute atomic E-state index is 0.293. The van der Waals surface area contributed by atoms with Crippen molar-refractivity contribution in [3.05, 3.63) is 22.5 Å². The molecule has 2 heterocycles. The van der Waals surface area contributed by atoms with Gasteiger partial charge in [0, 0.05) is 18.4 Å². The molecule has 0 radical (unpaired) electrons. The van der Waals surface area contributed by atoms with Gasteiger partial charge in [-0.15, -0.1) is 10.2 Å². The first-order chi connectivity index (χ1) is 12.3. The summed E-state index contributed by atoms with van der Waals surface area (Å²) in [7, 11) is 0. The van der Waals surface area contributed by atoms with E-state index < -0.39 is 0 Å². The largest absolute Gasteiger partial charge is 0.361 e. The predicted octanol–water partition coefficient (Wildman–Crippen LogP) is 3.85. The zero-order valence-corrected chi connectivity index (χ0v) is 15.0. The summed E-state index contributed by atoms with van der Waals surface area (Å²) in [5, 5.41) is 19.5. The summed E-state index contributed by atoms with van der Waals surface area (Å²) in [6, 6.07) is 1.63. The molecular weight excluding hydrogens is 338 g/mol. The lowest BCUT2D eigenvalue weighted by molar-refractivity contribution is 0.251. The molecule has 0 aliphatic heterocycles. The number of nitrogens with one attached hydrogen (secondary N) is 2. The molecule has 134 valence electrons. The summed E-state index contributed by atoms with van der Waals surface area (Å²) in [5.74, 6) is 2.17. The van der Waals surface area contributed by atoms with E-state index in [1.54, 1.807) is 0 Å². The Kier molecular flexibility index (Phi) is 4.96. The van der Waals surface area contributed by atoms with Crippen molar-refractivity contribution < 1.29 is 9.32 Å². The van der Waals surface area contributed by atoms with E-state index in [2.05, 4.69) is 26.0 Å². The summed E-state index contributed by atoms with van der Waals surface area (Å²) in [6.07, 6.45) is 9.69. The molecule has 2 N–H and O–H groups in total. The van der Waals surface area contributed by atoms with Crippen molar-refractivity contribution in [2.24, 2.45) is 5.92 Å². The van der Waals surface area contributed by atoms with Gasteiger partial charge in [0.05, 0.1) is 6.54 Å². The molecule has 8 heteroatoms. The van der Waals surface area contributed by atoms with Crippen molar-refractivity contribution in [2.45, 2.75) is 63.8 Å². The van der Waals surface area contributed by atoms with Crippen molar-refractivity contribution in [3.8, 4) is 0 Å². The quantitative estimate of drug-likeness (QED) is 0.815. The third-order valence-electron chi connectivity index (χ3n) is 4.84. The van der Waals surface area contributed by atoms with E-state index in [4.69, 9.17) is 4.52 Å². The Labute approximate surface area is 150 Å². The molecule has 0 aromatic carbocycles. The van der Waals surface area contributed by atoms with Gasteiger partial charge in [-0.3, -0.25) is 5.32 Å². The number of urea groups is 1. The van der Waals surface area contributed by atoms with Crippen LogP contribution in [0.15, 0.2) is 10.6 Å². The molecule has 0 unspecified atom stereocenters. The lowest BCUT2D eigenvalue weighted by Gasteiger charge is -2.18. The molecule has 0 atom stereocenters. The normalized spacial score (nSPS) is 18.2. The van der Waals surface area contributed by atoms with Crippen LogP contribution in [0.25, 0.3) is 0 Å². The Morgan fingerprint density at radius 2 is 2.04 bits per heavy atom. The second kappa shape index (κ2) is 7.51. The highest BCUT2D eigenvalue weighted by Gasteiger charge is 2.23. The molecule has 25 heavy (non-hydrogen) atoms. The van der Waals surface area contributed by atoms with Crippen LogP contribution in [0, 0.1) is 5.92 Å². The van der Waals surface area contributed by atoms with Crippen molar-refractivity contribution in [1.29, 1.82) is 0 Å². The van der Waals surface area contributed by atoms with Gasteiger partial charge in [-0.25, -0.2) is 4.79 Å². The molecule has 0 spiro atoms. The fraction of sp³-hybridized carbons (Fsp3) is 0.647. The maximum absolute atomic E-state index is 12.0. The fourth-order valence-corrected chi connectivity index (χ4v) is 4.16. The molecule has 2 fully saturated rings. The van der Waals surface area contributed by atoms with Crippen LogP contribution < -0.4 is 10.6 Å². The number of aromatic nitrogens is 3. The van der Waals surface area contributed by atoms with Crippen LogP contribution in [0.4, 0.5) is 9.93 Å². The van der Waals surface area contributed by atoms with Gasteiger partial charge >= 0.3 is 6.03 Å². The van der Waals surface area contributed by atoms with E-state index in [0.29, 0.717) is 17.6 Å². The van der Waals surface area contributed by atoms with Crippen molar-refractivity contribution in [2.75, 3.05) is 5.32 Å².